The summed E-state index contributed by atoms with van der Waals surface area (Å²) in [5, 5.41) is 24.0. The monoisotopic (exact) mass is 885 g/mol. The lowest BCUT2D eigenvalue weighted by atomic mass is 10.1. The zero-order chi connectivity index (χ0) is 44.0. The number of aromatic nitrogens is 6. The summed E-state index contributed by atoms with van der Waals surface area (Å²) in [6, 6.07) is 26.5. The van der Waals surface area contributed by atoms with Crippen LogP contribution in [0, 0.1) is 6.92 Å². The molecule has 0 fully saturated rings. The minimum atomic E-state index is -4.84. The number of anilines is 9. The van der Waals surface area contributed by atoms with Gasteiger partial charge in [0, 0.05) is 35.9 Å². The third kappa shape index (κ3) is 13.7. The zero-order valence-electron chi connectivity index (χ0n) is 33.1. The minimum absolute atomic E-state index is 0.00193. The Kier molecular flexibility index (Phi) is 15.4. The van der Waals surface area contributed by atoms with Crippen molar-refractivity contribution in [3.8, 4) is 0 Å². The molecule has 2 heterocycles. The number of nitrogens with zero attached hydrogens (tertiary/aromatic N) is 6. The summed E-state index contributed by atoms with van der Waals surface area (Å²) in [7, 11) is -9.66. The maximum absolute atomic E-state index is 12.7. The van der Waals surface area contributed by atoms with Gasteiger partial charge in [-0.15, -0.1) is 0 Å². The Labute approximate surface area is 357 Å². The Hall–Kier alpha value is -6.66. The summed E-state index contributed by atoms with van der Waals surface area (Å²) in [6.07, 6.45) is 3.16. The van der Waals surface area contributed by atoms with E-state index in [9.17, 15) is 25.9 Å². The van der Waals surface area contributed by atoms with Crippen molar-refractivity contribution < 1.29 is 40.5 Å². The second-order valence-electron chi connectivity index (χ2n) is 13.1. The van der Waals surface area contributed by atoms with E-state index in [1.807, 2.05) is 60.7 Å². The number of aliphatic hydroxyl groups is 1. The van der Waals surface area contributed by atoms with E-state index in [-0.39, 0.29) is 65.5 Å². The van der Waals surface area contributed by atoms with Crippen LogP contribution >= 0.6 is 0 Å². The molecule has 0 aliphatic carbocycles. The van der Waals surface area contributed by atoms with Crippen LogP contribution in [0.25, 0.3) is 12.2 Å². The van der Waals surface area contributed by atoms with E-state index in [4.69, 9.17) is 14.6 Å². The van der Waals surface area contributed by atoms with Crippen LogP contribution in [0.15, 0.2) is 107 Å². The van der Waals surface area contributed by atoms with Gasteiger partial charge in [0.15, 0.2) is 0 Å². The van der Waals surface area contributed by atoms with Gasteiger partial charge in [-0.25, -0.2) is 0 Å². The highest BCUT2D eigenvalue weighted by molar-refractivity contribution is 7.86. The predicted molar refractivity (Wildman–Crippen MR) is 234 cm³/mol. The highest BCUT2D eigenvalue weighted by Gasteiger charge is 2.19. The fourth-order valence-electron chi connectivity index (χ4n) is 5.61. The highest BCUT2D eigenvalue weighted by atomic mass is 32.2. The number of hydrogen-bond donors (Lipinski definition) is 8. The van der Waals surface area contributed by atoms with Crippen molar-refractivity contribution in [2.45, 2.75) is 23.1 Å². The molecule has 0 aliphatic heterocycles. The van der Waals surface area contributed by atoms with Crippen molar-refractivity contribution >= 4 is 84.9 Å². The number of benzene rings is 4. The van der Waals surface area contributed by atoms with Crippen molar-refractivity contribution in [2.24, 2.45) is 0 Å². The first-order valence-electron chi connectivity index (χ1n) is 18.9. The van der Waals surface area contributed by atoms with Crippen LogP contribution in [0.5, 0.6) is 0 Å². The average molecular weight is 886 g/mol. The van der Waals surface area contributed by atoms with Gasteiger partial charge in [0.05, 0.1) is 26.4 Å². The minimum Gasteiger partial charge on any atom is -0.394 e. The maximum Gasteiger partial charge on any atom is 0.295 e. The number of ether oxygens (including phenoxy) is 2. The molecule has 0 amide bonds. The van der Waals surface area contributed by atoms with E-state index in [1.54, 1.807) is 6.92 Å². The summed E-state index contributed by atoms with van der Waals surface area (Å²) in [4.78, 5) is 25.2. The van der Waals surface area contributed by atoms with E-state index in [0.29, 0.717) is 44.3 Å². The van der Waals surface area contributed by atoms with Crippen LogP contribution in [0.4, 0.5) is 52.5 Å². The van der Waals surface area contributed by atoms with Crippen LogP contribution in [-0.4, -0.2) is 101 Å². The maximum atomic E-state index is 12.7. The third-order valence-electron chi connectivity index (χ3n) is 8.34. The van der Waals surface area contributed by atoms with Crippen LogP contribution in [-0.2, 0) is 29.7 Å². The van der Waals surface area contributed by atoms with Crippen LogP contribution in [0.2, 0.25) is 0 Å². The zero-order valence-corrected chi connectivity index (χ0v) is 34.8. The molecule has 22 heteroatoms. The predicted octanol–water partition coefficient (Wildman–Crippen LogP) is 5.83. The molecule has 0 aliphatic rings. The molecule has 0 spiro atoms. The second kappa shape index (κ2) is 21.2. The normalized spacial score (nSPS) is 11.7. The summed E-state index contributed by atoms with van der Waals surface area (Å²) in [6.45, 7) is 3.45. The topological polar surface area (TPSA) is 285 Å². The van der Waals surface area contributed by atoms with Gasteiger partial charge in [-0.05, 0) is 73.0 Å². The number of hydrogen-bond acceptors (Lipinski definition) is 18. The van der Waals surface area contributed by atoms with Crippen LogP contribution in [0.3, 0.4) is 0 Å². The molecule has 0 saturated carbocycles. The first kappa shape index (κ1) is 44.9. The number of para-hydroxylation sites is 2. The summed E-state index contributed by atoms with van der Waals surface area (Å²) >= 11 is 0. The highest BCUT2D eigenvalue weighted by Crippen LogP contribution is 2.28. The Balaban J connectivity index is 1.20. The van der Waals surface area contributed by atoms with Crippen LogP contribution in [0.1, 0.15) is 23.4 Å². The van der Waals surface area contributed by atoms with Gasteiger partial charge >= 0.3 is 0 Å². The molecular weight excluding hydrogens is 843 g/mol. The second-order valence-corrected chi connectivity index (χ2v) is 15.9. The smallest absolute Gasteiger partial charge is 0.295 e. The fourth-order valence-corrected chi connectivity index (χ4v) is 7.03. The quantitative estimate of drug-likeness (QED) is 0.0226. The van der Waals surface area contributed by atoms with Gasteiger partial charge in [0.25, 0.3) is 20.2 Å². The SMILES string of the molecule is Cc1nc(Nc2ccccc2)nc(Nc2ccc(/C=C/c3ccc(Nc4nc(NCCCOCCOCCO)nc(Nc5ccccc5)n4)cc3S(=O)(=O)O)c(S(=O)(=O)O)c2)n1. The number of nitrogens with one attached hydrogen (secondary N) is 5. The molecule has 6 rings (SSSR count). The van der Waals surface area contributed by atoms with Gasteiger partial charge in [-0.1, -0.05) is 60.7 Å². The first-order chi connectivity index (χ1) is 29.8. The molecule has 0 radical (unpaired) electrons. The summed E-state index contributed by atoms with van der Waals surface area (Å²) in [5.41, 5.74) is 1.82. The van der Waals surface area contributed by atoms with Gasteiger partial charge in [-0.3, -0.25) is 9.11 Å². The standard InChI is InChI=1S/C40H43N11O9S2/c1-27-42-37(44-30-9-4-2-5-10-30)50-38(43-27)46-32-17-15-28(34(25-32)61(53,54)55)13-14-29-16-18-33(26-35(29)62(56,57)58)47-40-49-36(41-19-8-21-59-23-24-60-22-20-52)48-39(51-40)45-31-11-6-3-7-12-31/h2-7,9-18,25-26,52H,8,19-24H2,1H3,(H,53,54,55)(H,56,57,58)(H2,42,43,44,46,50)(H3,41,45,47,48,49,51)/b14-13+. The van der Waals surface area contributed by atoms with Crippen molar-refractivity contribution in [3.05, 3.63) is 114 Å². The first-order valence-corrected chi connectivity index (χ1v) is 21.8. The van der Waals surface area contributed by atoms with E-state index in [2.05, 4.69) is 56.5 Å². The molecule has 8 N–H and O–H groups in total. The van der Waals surface area contributed by atoms with Gasteiger partial charge in [0.1, 0.15) is 15.6 Å². The van der Waals surface area contributed by atoms with Gasteiger partial charge in [0.2, 0.25) is 29.7 Å². The third-order valence-corrected chi connectivity index (χ3v) is 10.2. The molecule has 20 nitrogen and oxygen atoms in total. The van der Waals surface area contributed by atoms with Crippen molar-refractivity contribution in [1.82, 2.24) is 29.9 Å². The van der Waals surface area contributed by atoms with Crippen molar-refractivity contribution in [1.29, 1.82) is 0 Å². The summed E-state index contributed by atoms with van der Waals surface area (Å²) in [5.74, 6) is 1.12. The molecule has 62 heavy (non-hydrogen) atoms. The van der Waals surface area contributed by atoms with Crippen molar-refractivity contribution in [3.63, 3.8) is 0 Å². The van der Waals surface area contributed by atoms with Crippen LogP contribution < -0.4 is 26.6 Å². The van der Waals surface area contributed by atoms with E-state index < -0.39 is 30.0 Å². The molecule has 0 bridgehead atoms. The Morgan fingerprint density at radius 1 is 0.532 bits per heavy atom. The number of rotatable bonds is 22. The average Bonchev–Trinajstić information content (AvgIpc) is 3.22. The lowest BCUT2D eigenvalue weighted by Gasteiger charge is -2.13. The molecule has 0 atom stereocenters. The van der Waals surface area contributed by atoms with E-state index in [1.165, 1.54) is 42.5 Å². The molecular formula is C40H43N11O9S2. The molecule has 0 saturated heterocycles. The summed E-state index contributed by atoms with van der Waals surface area (Å²) < 4.78 is 81.7. The Morgan fingerprint density at radius 3 is 1.40 bits per heavy atom. The van der Waals surface area contributed by atoms with Gasteiger partial charge < -0.3 is 41.2 Å². The molecule has 324 valence electrons. The number of aryl methyl sites for hydroxylation is 1. The molecule has 6 aromatic rings. The Morgan fingerprint density at radius 2 is 0.952 bits per heavy atom. The molecule has 4 aromatic carbocycles. The van der Waals surface area contributed by atoms with Gasteiger partial charge in [-0.2, -0.15) is 46.7 Å². The fraction of sp³-hybridized carbons (Fsp3) is 0.200. The lowest BCUT2D eigenvalue weighted by molar-refractivity contribution is 0.0331. The van der Waals surface area contributed by atoms with Crippen molar-refractivity contribution in [2.75, 3.05) is 66.2 Å². The largest absolute Gasteiger partial charge is 0.394 e. The molecule has 0 unspecified atom stereocenters. The Bertz CT molecular complexity index is 2700. The van der Waals surface area contributed by atoms with E-state index in [0.717, 1.165) is 11.8 Å². The molecule has 2 aromatic heterocycles. The number of aliphatic hydroxyl groups excluding tert-OH is 1. The lowest BCUT2D eigenvalue weighted by Crippen LogP contribution is -2.13. The van der Waals surface area contributed by atoms with E-state index >= 15 is 0 Å².